The first-order valence-electron chi connectivity index (χ1n) is 3.27. The van der Waals surface area contributed by atoms with E-state index >= 15 is 0 Å². The molecule has 1 N–H and O–H groups in total. The molecule has 1 fully saturated rings. The molecule has 0 aliphatic carbocycles. The number of nitrogens with one attached hydrogen (secondary N) is 1. The molecule has 3 nitrogen and oxygen atoms in total. The Morgan fingerprint density at radius 3 is 2.42 bits per heavy atom. The number of hydrogen-bond donors (Lipinski definition) is 1. The summed E-state index contributed by atoms with van der Waals surface area (Å²) < 4.78 is 0.413. The van der Waals surface area contributed by atoms with E-state index in [0.717, 1.165) is 11.8 Å². The molecule has 1 aliphatic heterocycles. The quantitative estimate of drug-likeness (QED) is 0.508. The summed E-state index contributed by atoms with van der Waals surface area (Å²) in [4.78, 5) is 22.4. The lowest BCUT2D eigenvalue weighted by molar-refractivity contribution is -0.116. The van der Waals surface area contributed by atoms with Crippen molar-refractivity contribution in [3.8, 4) is 0 Å². The Hall–Kier alpha value is -0.680. The number of rotatable bonds is 1. The number of carbonyl (C=O) groups is 2. The van der Waals surface area contributed by atoms with E-state index in [1.54, 1.807) is 6.92 Å². The highest BCUT2D eigenvalue weighted by Crippen LogP contribution is 2.26. The maximum absolute atomic E-state index is 11.1. The number of amides is 1. The largest absolute Gasteiger partial charge is 0.307 e. The monoisotopic (exact) mass is 201 g/mol. The van der Waals surface area contributed by atoms with Crippen LogP contribution in [0.1, 0.15) is 13.8 Å². The summed E-state index contributed by atoms with van der Waals surface area (Å²) in [5, 5.41) is 2.45. The van der Waals surface area contributed by atoms with Gasteiger partial charge in [0.15, 0.2) is 5.78 Å². The van der Waals surface area contributed by atoms with Crippen molar-refractivity contribution in [2.75, 3.05) is 0 Å². The van der Waals surface area contributed by atoms with E-state index in [1.165, 1.54) is 6.92 Å². The summed E-state index contributed by atoms with van der Waals surface area (Å²) in [5.41, 5.74) is 0.470. The number of ketones is 1. The van der Waals surface area contributed by atoms with Crippen LogP contribution in [0, 0.1) is 0 Å². The van der Waals surface area contributed by atoms with E-state index in [9.17, 15) is 9.59 Å². The lowest BCUT2D eigenvalue weighted by Crippen LogP contribution is -2.18. The fraction of sp³-hybridized carbons (Fsp3) is 0.286. The van der Waals surface area contributed by atoms with Crippen molar-refractivity contribution in [1.82, 2.24) is 5.32 Å². The summed E-state index contributed by atoms with van der Waals surface area (Å²) in [6, 6.07) is 0. The van der Waals surface area contributed by atoms with Gasteiger partial charge in [-0.3, -0.25) is 9.59 Å². The van der Waals surface area contributed by atoms with Crippen molar-refractivity contribution in [3.05, 3.63) is 10.5 Å². The average Bonchev–Trinajstić information content (AvgIpc) is 2.28. The summed E-state index contributed by atoms with van der Waals surface area (Å²) in [6.45, 7) is 3.05. The van der Waals surface area contributed by atoms with Crippen LogP contribution in [0.4, 0.5) is 0 Å². The van der Waals surface area contributed by atoms with Gasteiger partial charge in [-0.25, -0.2) is 0 Å². The standard InChI is InChI=1S/C7H7NO2S2/c1-3(4(2)9)5-6(10)8-7(11)12-5/h1-2H3,(H,8,10,11)/b5-3+. The van der Waals surface area contributed by atoms with Crippen molar-refractivity contribution in [1.29, 1.82) is 0 Å². The molecule has 12 heavy (non-hydrogen) atoms. The Labute approximate surface area is 79.6 Å². The maximum Gasteiger partial charge on any atom is 0.263 e. The fourth-order valence-electron chi connectivity index (χ4n) is 0.721. The number of allylic oxidation sites excluding steroid dienone is 1. The molecule has 1 aliphatic rings. The Morgan fingerprint density at radius 2 is 2.08 bits per heavy atom. The second-order valence-electron chi connectivity index (χ2n) is 2.35. The van der Waals surface area contributed by atoms with Gasteiger partial charge in [0, 0.05) is 5.57 Å². The minimum absolute atomic E-state index is 0.0997. The van der Waals surface area contributed by atoms with Gasteiger partial charge in [-0.1, -0.05) is 24.0 Å². The lowest BCUT2D eigenvalue weighted by Gasteiger charge is -1.95. The van der Waals surface area contributed by atoms with Gasteiger partial charge in [0.25, 0.3) is 5.91 Å². The molecule has 0 saturated carbocycles. The Bertz CT molecular complexity index is 307. The van der Waals surface area contributed by atoms with Crippen LogP contribution >= 0.6 is 24.0 Å². The molecule has 0 spiro atoms. The zero-order valence-corrected chi connectivity index (χ0v) is 8.27. The third kappa shape index (κ3) is 1.73. The molecule has 0 bridgehead atoms. The first kappa shape index (κ1) is 9.41. The molecule has 1 heterocycles. The predicted octanol–water partition coefficient (Wildman–Crippen LogP) is 0.997. The van der Waals surface area contributed by atoms with Gasteiger partial charge in [0.05, 0.1) is 4.91 Å². The maximum atomic E-state index is 11.1. The van der Waals surface area contributed by atoms with Crippen molar-refractivity contribution in [2.45, 2.75) is 13.8 Å². The van der Waals surface area contributed by atoms with Gasteiger partial charge in [-0.2, -0.15) is 0 Å². The van der Waals surface area contributed by atoms with Crippen LogP contribution in [0.15, 0.2) is 10.5 Å². The molecule has 0 aromatic carbocycles. The number of carbonyl (C=O) groups excluding carboxylic acids is 2. The molecule has 1 rings (SSSR count). The van der Waals surface area contributed by atoms with Gasteiger partial charge in [0.1, 0.15) is 4.32 Å². The third-order valence-corrected chi connectivity index (χ3v) is 2.82. The highest BCUT2D eigenvalue weighted by atomic mass is 32.2. The molecule has 0 aromatic heterocycles. The summed E-state index contributed by atoms with van der Waals surface area (Å²) in [5.74, 6) is -0.366. The SMILES string of the molecule is CC(=O)/C(C)=C1/SC(=S)NC1=O. The summed E-state index contributed by atoms with van der Waals surface area (Å²) in [6.07, 6.45) is 0. The predicted molar refractivity (Wildman–Crippen MR) is 51.7 cm³/mol. The van der Waals surface area contributed by atoms with Crippen molar-refractivity contribution in [2.24, 2.45) is 0 Å². The fourth-order valence-corrected chi connectivity index (χ4v) is 1.83. The molecular weight excluding hydrogens is 194 g/mol. The first-order valence-corrected chi connectivity index (χ1v) is 4.50. The Balaban J connectivity index is 3.03. The minimum atomic E-state index is -0.266. The molecule has 1 saturated heterocycles. The first-order chi connectivity index (χ1) is 5.52. The van der Waals surface area contributed by atoms with Crippen molar-refractivity contribution >= 4 is 40.0 Å². The van der Waals surface area contributed by atoms with Crippen LogP contribution in [-0.2, 0) is 9.59 Å². The topological polar surface area (TPSA) is 46.2 Å². The Morgan fingerprint density at radius 1 is 1.50 bits per heavy atom. The molecule has 0 aromatic rings. The van der Waals surface area contributed by atoms with E-state index < -0.39 is 0 Å². The van der Waals surface area contributed by atoms with Crippen LogP contribution in [-0.4, -0.2) is 16.0 Å². The second-order valence-corrected chi connectivity index (χ2v) is 4.04. The van der Waals surface area contributed by atoms with E-state index in [2.05, 4.69) is 5.32 Å². The molecule has 0 atom stereocenters. The lowest BCUT2D eigenvalue weighted by atomic mass is 10.2. The van der Waals surface area contributed by atoms with Crippen molar-refractivity contribution in [3.63, 3.8) is 0 Å². The van der Waals surface area contributed by atoms with Gasteiger partial charge in [-0.05, 0) is 13.8 Å². The van der Waals surface area contributed by atoms with Gasteiger partial charge >= 0.3 is 0 Å². The summed E-state index contributed by atoms with van der Waals surface area (Å²) >= 11 is 5.90. The normalized spacial score (nSPS) is 20.8. The molecule has 1 amide bonds. The average molecular weight is 201 g/mol. The molecule has 64 valence electrons. The van der Waals surface area contributed by atoms with E-state index in [4.69, 9.17) is 12.2 Å². The summed E-state index contributed by atoms with van der Waals surface area (Å²) in [7, 11) is 0. The highest BCUT2D eigenvalue weighted by Gasteiger charge is 2.25. The van der Waals surface area contributed by atoms with Gasteiger partial charge in [-0.15, -0.1) is 0 Å². The molecular formula is C7H7NO2S2. The molecule has 5 heteroatoms. The van der Waals surface area contributed by atoms with Crippen LogP contribution in [0.2, 0.25) is 0 Å². The minimum Gasteiger partial charge on any atom is -0.307 e. The van der Waals surface area contributed by atoms with Gasteiger partial charge < -0.3 is 5.32 Å². The highest BCUT2D eigenvalue weighted by molar-refractivity contribution is 8.26. The van der Waals surface area contributed by atoms with Gasteiger partial charge in [0.2, 0.25) is 0 Å². The molecule has 0 radical (unpaired) electrons. The van der Waals surface area contributed by atoms with E-state index in [0.29, 0.717) is 14.8 Å². The molecule has 0 unspecified atom stereocenters. The van der Waals surface area contributed by atoms with Crippen LogP contribution in [0.25, 0.3) is 0 Å². The van der Waals surface area contributed by atoms with Crippen molar-refractivity contribution < 1.29 is 9.59 Å². The number of hydrogen-bond acceptors (Lipinski definition) is 4. The smallest absolute Gasteiger partial charge is 0.263 e. The Kier molecular flexibility index (Phi) is 2.64. The zero-order chi connectivity index (χ0) is 9.30. The zero-order valence-electron chi connectivity index (χ0n) is 6.63. The number of thioether (sulfide) groups is 1. The van der Waals surface area contributed by atoms with Crippen LogP contribution < -0.4 is 5.32 Å². The van der Waals surface area contributed by atoms with E-state index in [1.807, 2.05) is 0 Å². The number of thiocarbonyl (C=S) groups is 1. The number of Topliss-reactive ketones (excluding diaryl/α,β-unsaturated/α-hetero) is 1. The third-order valence-electron chi connectivity index (χ3n) is 1.49. The van der Waals surface area contributed by atoms with E-state index in [-0.39, 0.29) is 11.7 Å². The second kappa shape index (κ2) is 3.37. The van der Waals surface area contributed by atoms with Crippen LogP contribution in [0.3, 0.4) is 0 Å². The van der Waals surface area contributed by atoms with Crippen LogP contribution in [0.5, 0.6) is 0 Å².